The fourth-order valence-electron chi connectivity index (χ4n) is 2.24. The Labute approximate surface area is 138 Å². The summed E-state index contributed by atoms with van der Waals surface area (Å²) in [4.78, 5) is 8.44. The Hall–Kier alpha value is -2.81. The molecule has 4 aromatic rings. The normalized spacial score (nSPS) is 11.0. The van der Waals surface area contributed by atoms with E-state index in [9.17, 15) is 0 Å². The lowest BCUT2D eigenvalue weighted by atomic mass is 10.3. The topological polar surface area (TPSA) is 83.5 Å². The average Bonchev–Trinajstić information content (AvgIpc) is 3.18. The van der Waals surface area contributed by atoms with Gasteiger partial charge >= 0.3 is 0 Å². The third-order valence-corrected chi connectivity index (χ3v) is 3.82. The van der Waals surface area contributed by atoms with Crippen molar-refractivity contribution in [1.82, 2.24) is 34.7 Å². The Morgan fingerprint density at radius 1 is 1.22 bits per heavy atom. The van der Waals surface area contributed by atoms with Crippen molar-refractivity contribution < 1.29 is 4.74 Å². The van der Waals surface area contributed by atoms with Crippen molar-refractivity contribution in [1.29, 1.82) is 0 Å². The molecule has 3 heterocycles. The first kappa shape index (κ1) is 13.8. The van der Waals surface area contributed by atoms with Crippen molar-refractivity contribution >= 4 is 27.0 Å². The SMILES string of the molecule is Cn1nc(Br)c2c(Oc3cccc(-n4ccnn4)c3)ncnc21. The highest BCUT2D eigenvalue weighted by Crippen LogP contribution is 2.32. The summed E-state index contributed by atoms with van der Waals surface area (Å²) in [5, 5.41) is 12.8. The van der Waals surface area contributed by atoms with Gasteiger partial charge in [0.15, 0.2) is 5.65 Å². The summed E-state index contributed by atoms with van der Waals surface area (Å²) in [6.07, 6.45) is 4.83. The molecule has 0 saturated carbocycles. The summed E-state index contributed by atoms with van der Waals surface area (Å²) < 4.78 is 9.89. The van der Waals surface area contributed by atoms with E-state index in [0.717, 1.165) is 11.1 Å². The minimum Gasteiger partial charge on any atom is -0.438 e. The van der Waals surface area contributed by atoms with Gasteiger partial charge in [-0.1, -0.05) is 11.3 Å². The highest BCUT2D eigenvalue weighted by atomic mass is 79.9. The Kier molecular flexibility index (Phi) is 3.27. The number of fused-ring (bicyclic) bond motifs is 1. The quantitative estimate of drug-likeness (QED) is 0.550. The lowest BCUT2D eigenvalue weighted by Gasteiger charge is -2.07. The maximum atomic E-state index is 5.93. The molecule has 0 N–H and O–H groups in total. The van der Waals surface area contributed by atoms with E-state index in [0.29, 0.717) is 21.9 Å². The maximum Gasteiger partial charge on any atom is 0.234 e. The zero-order valence-corrected chi connectivity index (χ0v) is 13.5. The van der Waals surface area contributed by atoms with Crippen LogP contribution in [0.2, 0.25) is 0 Å². The van der Waals surface area contributed by atoms with E-state index in [1.165, 1.54) is 6.33 Å². The van der Waals surface area contributed by atoms with Crippen molar-refractivity contribution in [3.05, 3.63) is 47.6 Å². The van der Waals surface area contributed by atoms with E-state index < -0.39 is 0 Å². The predicted octanol–water partition coefficient (Wildman–Crippen LogP) is 2.50. The molecule has 4 rings (SSSR count). The number of benzene rings is 1. The first-order valence-corrected chi connectivity index (χ1v) is 7.49. The van der Waals surface area contributed by atoms with E-state index in [2.05, 4.69) is 41.3 Å². The average molecular weight is 372 g/mol. The summed E-state index contributed by atoms with van der Waals surface area (Å²) in [5.74, 6) is 1.07. The molecule has 0 amide bonds. The molecule has 23 heavy (non-hydrogen) atoms. The summed E-state index contributed by atoms with van der Waals surface area (Å²) in [7, 11) is 1.81. The van der Waals surface area contributed by atoms with Gasteiger partial charge in [-0.25, -0.2) is 19.3 Å². The molecule has 0 fully saturated rings. The molecule has 8 nitrogen and oxygen atoms in total. The van der Waals surface area contributed by atoms with Crippen LogP contribution in [0.3, 0.4) is 0 Å². The standard InChI is InChI=1S/C14H10BrN7O/c1-21-13-11(12(15)19-21)14(17-8-16-13)23-10-4-2-3-9(7-10)22-6-5-18-20-22/h2-8H,1H3. The second-order valence-corrected chi connectivity index (χ2v) is 5.49. The van der Waals surface area contributed by atoms with Crippen molar-refractivity contribution in [3.63, 3.8) is 0 Å². The van der Waals surface area contributed by atoms with Crippen molar-refractivity contribution in [3.8, 4) is 17.3 Å². The zero-order valence-electron chi connectivity index (χ0n) is 12.0. The molecule has 0 aliphatic carbocycles. The van der Waals surface area contributed by atoms with Crippen LogP contribution in [0.15, 0.2) is 47.6 Å². The Bertz CT molecular complexity index is 980. The highest BCUT2D eigenvalue weighted by Gasteiger charge is 2.15. The number of rotatable bonds is 3. The van der Waals surface area contributed by atoms with Crippen LogP contribution >= 0.6 is 15.9 Å². The van der Waals surface area contributed by atoms with Gasteiger partial charge in [0, 0.05) is 13.1 Å². The fraction of sp³-hybridized carbons (Fsp3) is 0.0714. The number of hydrogen-bond donors (Lipinski definition) is 0. The molecular weight excluding hydrogens is 362 g/mol. The third kappa shape index (κ3) is 2.44. The molecule has 0 aliphatic heterocycles. The Morgan fingerprint density at radius 2 is 2.13 bits per heavy atom. The first-order valence-electron chi connectivity index (χ1n) is 6.70. The van der Waals surface area contributed by atoms with Crippen LogP contribution in [-0.4, -0.2) is 34.7 Å². The molecule has 3 aromatic heterocycles. The van der Waals surface area contributed by atoms with Crippen LogP contribution in [0.5, 0.6) is 11.6 Å². The van der Waals surface area contributed by atoms with Gasteiger partial charge in [-0.3, -0.25) is 0 Å². The van der Waals surface area contributed by atoms with Crippen LogP contribution in [0.4, 0.5) is 0 Å². The number of hydrogen-bond acceptors (Lipinski definition) is 6. The minimum absolute atomic E-state index is 0.436. The van der Waals surface area contributed by atoms with Crippen molar-refractivity contribution in [2.45, 2.75) is 0 Å². The zero-order chi connectivity index (χ0) is 15.8. The monoisotopic (exact) mass is 371 g/mol. The number of ether oxygens (including phenoxy) is 1. The van der Waals surface area contributed by atoms with E-state index >= 15 is 0 Å². The van der Waals surface area contributed by atoms with Gasteiger partial charge in [0.05, 0.1) is 18.1 Å². The molecule has 0 saturated heterocycles. The Balaban J connectivity index is 1.76. The summed E-state index contributed by atoms with van der Waals surface area (Å²) in [5.41, 5.74) is 1.53. The fourth-order valence-corrected chi connectivity index (χ4v) is 2.82. The van der Waals surface area contributed by atoms with Gasteiger partial charge < -0.3 is 4.74 Å². The van der Waals surface area contributed by atoms with E-state index in [-0.39, 0.29) is 0 Å². The highest BCUT2D eigenvalue weighted by molar-refractivity contribution is 9.10. The van der Waals surface area contributed by atoms with Crippen molar-refractivity contribution in [2.75, 3.05) is 0 Å². The number of aromatic nitrogens is 7. The molecule has 9 heteroatoms. The van der Waals surface area contributed by atoms with Crippen LogP contribution in [0.25, 0.3) is 16.7 Å². The number of aryl methyl sites for hydroxylation is 1. The third-order valence-electron chi connectivity index (χ3n) is 3.26. The van der Waals surface area contributed by atoms with Crippen LogP contribution in [0.1, 0.15) is 0 Å². The first-order chi connectivity index (χ1) is 11.2. The summed E-state index contributed by atoms with van der Waals surface area (Å²) in [6, 6.07) is 7.49. The van der Waals surface area contributed by atoms with E-state index in [1.807, 2.05) is 31.3 Å². The van der Waals surface area contributed by atoms with Crippen LogP contribution in [-0.2, 0) is 7.05 Å². The maximum absolute atomic E-state index is 5.93. The lowest BCUT2D eigenvalue weighted by molar-refractivity contribution is 0.467. The van der Waals surface area contributed by atoms with Crippen LogP contribution < -0.4 is 4.74 Å². The molecular formula is C14H10BrN7O. The minimum atomic E-state index is 0.436. The Morgan fingerprint density at radius 3 is 2.96 bits per heavy atom. The molecule has 0 unspecified atom stereocenters. The largest absolute Gasteiger partial charge is 0.438 e. The van der Waals surface area contributed by atoms with Gasteiger partial charge in [0.2, 0.25) is 5.88 Å². The summed E-state index contributed by atoms with van der Waals surface area (Å²) >= 11 is 3.41. The van der Waals surface area contributed by atoms with E-state index in [4.69, 9.17) is 4.74 Å². The molecule has 0 aliphatic rings. The molecule has 0 spiro atoms. The second kappa shape index (κ2) is 5.43. The second-order valence-electron chi connectivity index (χ2n) is 4.74. The summed E-state index contributed by atoms with van der Waals surface area (Å²) in [6.45, 7) is 0. The molecule has 1 aromatic carbocycles. The molecule has 0 radical (unpaired) electrons. The number of halogens is 1. The van der Waals surface area contributed by atoms with Gasteiger partial charge in [-0.05, 0) is 28.1 Å². The van der Waals surface area contributed by atoms with E-state index in [1.54, 1.807) is 21.8 Å². The van der Waals surface area contributed by atoms with Gasteiger partial charge in [0.25, 0.3) is 0 Å². The smallest absolute Gasteiger partial charge is 0.234 e. The van der Waals surface area contributed by atoms with Gasteiger partial charge in [0.1, 0.15) is 22.1 Å². The molecule has 0 atom stereocenters. The lowest BCUT2D eigenvalue weighted by Crippen LogP contribution is -1.97. The van der Waals surface area contributed by atoms with Gasteiger partial charge in [-0.2, -0.15) is 5.10 Å². The number of nitrogens with zero attached hydrogens (tertiary/aromatic N) is 7. The predicted molar refractivity (Wildman–Crippen MR) is 85.4 cm³/mol. The molecule has 114 valence electrons. The van der Waals surface area contributed by atoms with Crippen LogP contribution in [0, 0.1) is 0 Å². The van der Waals surface area contributed by atoms with Crippen molar-refractivity contribution in [2.24, 2.45) is 7.05 Å². The molecule has 0 bridgehead atoms. The van der Waals surface area contributed by atoms with Gasteiger partial charge in [-0.15, -0.1) is 5.10 Å².